The molecule has 0 amide bonds. The maximum Gasteiger partial charge on any atom is 0.0512 e. The Morgan fingerprint density at radius 3 is 2.56 bits per heavy atom. The van der Waals surface area contributed by atoms with Crippen molar-refractivity contribution in [2.45, 2.75) is 33.7 Å². The third kappa shape index (κ3) is 1.85. The van der Waals surface area contributed by atoms with Gasteiger partial charge >= 0.3 is 0 Å². The molecule has 2 heteroatoms. The highest BCUT2D eigenvalue weighted by Crippen LogP contribution is 2.25. The number of benzene rings is 1. The van der Waals surface area contributed by atoms with Crippen LogP contribution in [-0.2, 0) is 6.54 Å². The van der Waals surface area contributed by atoms with Gasteiger partial charge in [0.05, 0.1) is 5.52 Å². The second-order valence-corrected chi connectivity index (χ2v) is 4.63. The van der Waals surface area contributed by atoms with Gasteiger partial charge in [0.25, 0.3) is 0 Å². The monoisotopic (exact) mass is 216 g/mol. The van der Waals surface area contributed by atoms with E-state index in [9.17, 15) is 0 Å². The van der Waals surface area contributed by atoms with E-state index in [-0.39, 0.29) is 0 Å². The fraction of sp³-hybridized carbons (Fsp3) is 0.429. The van der Waals surface area contributed by atoms with Crippen LogP contribution < -0.4 is 5.73 Å². The van der Waals surface area contributed by atoms with Crippen molar-refractivity contribution in [2.75, 3.05) is 6.54 Å². The minimum absolute atomic E-state index is 0.754. The van der Waals surface area contributed by atoms with Crippen molar-refractivity contribution in [1.29, 1.82) is 0 Å². The van der Waals surface area contributed by atoms with E-state index in [2.05, 4.69) is 43.7 Å². The first-order valence-corrected chi connectivity index (χ1v) is 5.90. The molecule has 0 aliphatic rings. The summed E-state index contributed by atoms with van der Waals surface area (Å²) < 4.78 is 2.34. The Morgan fingerprint density at radius 2 is 1.88 bits per heavy atom. The second kappa shape index (κ2) is 4.30. The molecule has 0 bridgehead atoms. The van der Waals surface area contributed by atoms with Crippen LogP contribution in [0.4, 0.5) is 0 Å². The van der Waals surface area contributed by atoms with Gasteiger partial charge in [0, 0.05) is 18.1 Å². The van der Waals surface area contributed by atoms with E-state index in [1.165, 1.54) is 27.6 Å². The van der Waals surface area contributed by atoms with Crippen molar-refractivity contribution in [3.05, 3.63) is 35.0 Å². The highest BCUT2D eigenvalue weighted by atomic mass is 15.0. The molecule has 0 saturated heterocycles. The van der Waals surface area contributed by atoms with Crippen LogP contribution in [0.25, 0.3) is 10.9 Å². The number of aromatic nitrogens is 1. The Hall–Kier alpha value is -1.28. The van der Waals surface area contributed by atoms with Crippen LogP contribution >= 0.6 is 0 Å². The number of hydrogen-bond acceptors (Lipinski definition) is 1. The van der Waals surface area contributed by atoms with Crippen molar-refractivity contribution in [2.24, 2.45) is 5.73 Å². The molecule has 0 spiro atoms. The molecule has 0 unspecified atom stereocenters. The van der Waals surface area contributed by atoms with Crippen molar-refractivity contribution < 1.29 is 0 Å². The van der Waals surface area contributed by atoms with Crippen LogP contribution in [0.2, 0.25) is 0 Å². The molecule has 2 N–H and O–H groups in total. The Bertz CT molecular complexity index is 509. The van der Waals surface area contributed by atoms with Gasteiger partial charge < -0.3 is 10.3 Å². The van der Waals surface area contributed by atoms with Gasteiger partial charge in [0.15, 0.2) is 0 Å². The van der Waals surface area contributed by atoms with E-state index in [4.69, 9.17) is 5.73 Å². The van der Waals surface area contributed by atoms with Crippen LogP contribution in [0.1, 0.15) is 23.1 Å². The first-order chi connectivity index (χ1) is 7.63. The van der Waals surface area contributed by atoms with Gasteiger partial charge in [0.2, 0.25) is 0 Å². The molecular formula is C14H20N2. The molecule has 2 aromatic rings. The first-order valence-electron chi connectivity index (χ1n) is 5.90. The summed E-state index contributed by atoms with van der Waals surface area (Å²) in [4.78, 5) is 0. The summed E-state index contributed by atoms with van der Waals surface area (Å²) in [5, 5.41) is 1.38. The fourth-order valence-corrected chi connectivity index (χ4v) is 2.45. The van der Waals surface area contributed by atoms with E-state index < -0.39 is 0 Å². The van der Waals surface area contributed by atoms with E-state index in [0.29, 0.717) is 0 Å². The summed E-state index contributed by atoms with van der Waals surface area (Å²) in [6, 6.07) is 4.53. The molecule has 1 aromatic heterocycles. The van der Waals surface area contributed by atoms with Crippen molar-refractivity contribution >= 4 is 10.9 Å². The largest absolute Gasteiger partial charge is 0.347 e. The number of aryl methyl sites for hydroxylation is 4. The highest BCUT2D eigenvalue weighted by molar-refractivity contribution is 5.87. The average molecular weight is 216 g/mol. The van der Waals surface area contributed by atoms with Gasteiger partial charge in [-0.2, -0.15) is 0 Å². The molecule has 16 heavy (non-hydrogen) atoms. The lowest BCUT2D eigenvalue weighted by molar-refractivity contribution is 0.669. The summed E-state index contributed by atoms with van der Waals surface area (Å²) in [6.07, 6.45) is 3.28. The predicted octanol–water partition coefficient (Wildman–Crippen LogP) is 2.92. The number of rotatable bonds is 3. The van der Waals surface area contributed by atoms with Gasteiger partial charge in [0.1, 0.15) is 0 Å². The van der Waals surface area contributed by atoms with Crippen molar-refractivity contribution in [1.82, 2.24) is 4.57 Å². The van der Waals surface area contributed by atoms with E-state index in [1.54, 1.807) is 0 Å². The number of fused-ring (bicyclic) bond motifs is 1. The summed E-state index contributed by atoms with van der Waals surface area (Å²) in [5.74, 6) is 0. The minimum Gasteiger partial charge on any atom is -0.347 e. The molecule has 0 aliphatic heterocycles. The van der Waals surface area contributed by atoms with Crippen LogP contribution in [0.3, 0.4) is 0 Å². The van der Waals surface area contributed by atoms with Gasteiger partial charge in [-0.05, 0) is 50.9 Å². The van der Waals surface area contributed by atoms with Crippen LogP contribution in [-0.4, -0.2) is 11.1 Å². The lowest BCUT2D eigenvalue weighted by atomic mass is 10.1. The molecule has 0 saturated carbocycles. The average Bonchev–Trinajstić information content (AvgIpc) is 2.53. The number of hydrogen-bond donors (Lipinski definition) is 1. The molecule has 0 fully saturated rings. The first kappa shape index (κ1) is 11.2. The highest BCUT2D eigenvalue weighted by Gasteiger charge is 2.08. The Labute approximate surface area is 97.1 Å². The molecule has 86 valence electrons. The lowest BCUT2D eigenvalue weighted by Gasteiger charge is -2.07. The van der Waals surface area contributed by atoms with Crippen LogP contribution in [0.15, 0.2) is 18.3 Å². The van der Waals surface area contributed by atoms with E-state index >= 15 is 0 Å². The van der Waals surface area contributed by atoms with Gasteiger partial charge in [-0.3, -0.25) is 0 Å². The fourth-order valence-electron chi connectivity index (χ4n) is 2.45. The zero-order valence-corrected chi connectivity index (χ0v) is 10.4. The maximum atomic E-state index is 5.58. The molecule has 1 heterocycles. The normalized spacial score (nSPS) is 11.2. The number of nitrogens with two attached hydrogens (primary N) is 1. The third-order valence-electron chi connectivity index (χ3n) is 3.11. The van der Waals surface area contributed by atoms with Crippen molar-refractivity contribution in [3.63, 3.8) is 0 Å². The SMILES string of the molecule is Cc1cc(C)c2c(c1)c(C)cn2CCCN. The van der Waals surface area contributed by atoms with Gasteiger partial charge in [-0.25, -0.2) is 0 Å². The standard InChI is InChI=1S/C14H20N2/c1-10-7-11(2)14-13(8-10)12(3)9-16(14)6-4-5-15/h7-9H,4-6,15H2,1-3H3. The van der Waals surface area contributed by atoms with Crippen molar-refractivity contribution in [3.8, 4) is 0 Å². The smallest absolute Gasteiger partial charge is 0.0512 e. The maximum absolute atomic E-state index is 5.58. The molecule has 1 aromatic carbocycles. The summed E-state index contributed by atoms with van der Waals surface area (Å²) in [6.45, 7) is 8.30. The van der Waals surface area contributed by atoms with Crippen LogP contribution in [0, 0.1) is 20.8 Å². The number of nitrogens with zero attached hydrogens (tertiary/aromatic N) is 1. The molecular weight excluding hydrogens is 196 g/mol. The van der Waals surface area contributed by atoms with Gasteiger partial charge in [-0.1, -0.05) is 11.6 Å². The van der Waals surface area contributed by atoms with Gasteiger partial charge in [-0.15, -0.1) is 0 Å². The predicted molar refractivity (Wildman–Crippen MR) is 69.8 cm³/mol. The molecule has 2 nitrogen and oxygen atoms in total. The third-order valence-corrected chi connectivity index (χ3v) is 3.11. The van der Waals surface area contributed by atoms with E-state index in [0.717, 1.165) is 19.5 Å². The zero-order chi connectivity index (χ0) is 11.7. The van der Waals surface area contributed by atoms with E-state index in [1.807, 2.05) is 0 Å². The zero-order valence-electron chi connectivity index (χ0n) is 10.4. The van der Waals surface area contributed by atoms with Crippen LogP contribution in [0.5, 0.6) is 0 Å². The molecule has 0 radical (unpaired) electrons. The summed E-state index contributed by atoms with van der Waals surface area (Å²) in [5.41, 5.74) is 11.0. The lowest BCUT2D eigenvalue weighted by Crippen LogP contribution is -2.05. The molecule has 2 rings (SSSR count). The summed E-state index contributed by atoms with van der Waals surface area (Å²) >= 11 is 0. The Balaban J connectivity index is 2.59. The molecule has 0 aliphatic carbocycles. The summed E-state index contributed by atoms with van der Waals surface area (Å²) in [7, 11) is 0. The Morgan fingerprint density at radius 1 is 1.12 bits per heavy atom. The quantitative estimate of drug-likeness (QED) is 0.840. The Kier molecular flexibility index (Phi) is 3.01. The second-order valence-electron chi connectivity index (χ2n) is 4.63. The molecule has 0 atom stereocenters. The topological polar surface area (TPSA) is 30.9 Å². The minimum atomic E-state index is 0.754.